The van der Waals surface area contributed by atoms with E-state index in [4.69, 9.17) is 23.2 Å². The summed E-state index contributed by atoms with van der Waals surface area (Å²) in [5, 5.41) is 14.4. The van der Waals surface area contributed by atoms with Gasteiger partial charge < -0.3 is 5.32 Å². The highest BCUT2D eigenvalue weighted by Gasteiger charge is 2.17. The molecule has 2 aromatic rings. The predicted molar refractivity (Wildman–Crippen MR) is 89.3 cm³/mol. The highest BCUT2D eigenvalue weighted by molar-refractivity contribution is 7.98. The third kappa shape index (κ3) is 3.71. The van der Waals surface area contributed by atoms with Gasteiger partial charge in [-0.1, -0.05) is 23.2 Å². The molecule has 1 N–H and O–H groups in total. The van der Waals surface area contributed by atoms with E-state index in [1.54, 1.807) is 18.4 Å². The first-order valence-electron chi connectivity index (χ1n) is 6.01. The zero-order valence-corrected chi connectivity index (χ0v) is 13.6. The minimum absolute atomic E-state index is 0.114. The number of nitrogens with zero attached hydrogens (tertiary/aromatic N) is 1. The Labute approximate surface area is 140 Å². The number of nitrogens with one attached hydrogen (secondary N) is 1. The third-order valence-corrected chi connectivity index (χ3v) is 4.16. The van der Waals surface area contributed by atoms with E-state index in [1.807, 2.05) is 0 Å². The summed E-state index contributed by atoms with van der Waals surface area (Å²) >= 11 is 13.1. The number of halogens is 2. The first kappa shape index (κ1) is 16.6. The molecule has 0 saturated carbocycles. The van der Waals surface area contributed by atoms with Gasteiger partial charge in [-0.15, -0.1) is 11.8 Å². The molecular formula is C14H10Cl2N2O3S. The fraction of sp³-hybridized carbons (Fsp3) is 0.0714. The highest BCUT2D eigenvalue weighted by Crippen LogP contribution is 2.29. The van der Waals surface area contributed by atoms with E-state index in [2.05, 4.69) is 5.32 Å². The number of rotatable bonds is 4. The lowest BCUT2D eigenvalue weighted by Gasteiger charge is -2.08. The number of nitro benzene ring substituents is 1. The second kappa shape index (κ2) is 7.00. The average Bonchev–Trinajstić information content (AvgIpc) is 2.50. The van der Waals surface area contributed by atoms with Crippen LogP contribution in [-0.2, 0) is 0 Å². The van der Waals surface area contributed by atoms with E-state index in [9.17, 15) is 14.9 Å². The van der Waals surface area contributed by atoms with Crippen LogP contribution in [0.25, 0.3) is 0 Å². The fourth-order valence-electron chi connectivity index (χ4n) is 1.76. The van der Waals surface area contributed by atoms with Crippen LogP contribution >= 0.6 is 35.0 Å². The maximum Gasteiger partial charge on any atom is 0.283 e. The number of thioether (sulfide) groups is 1. The fourth-order valence-corrected chi connectivity index (χ4v) is 2.65. The minimum Gasteiger partial charge on any atom is -0.321 e. The highest BCUT2D eigenvalue weighted by atomic mass is 35.5. The SMILES string of the molecule is CSc1ccc(C(=O)Nc2cc(Cl)ccc2Cl)cc1[N+](=O)[O-]. The molecule has 0 atom stereocenters. The number of carbonyl (C=O) groups is 1. The van der Waals surface area contributed by atoms with E-state index in [0.717, 1.165) is 0 Å². The molecule has 1 amide bonds. The van der Waals surface area contributed by atoms with Crippen molar-refractivity contribution in [1.82, 2.24) is 0 Å². The maximum absolute atomic E-state index is 12.2. The predicted octanol–water partition coefficient (Wildman–Crippen LogP) is 4.88. The van der Waals surface area contributed by atoms with Gasteiger partial charge in [0.2, 0.25) is 0 Å². The standard InChI is InChI=1S/C14H10Cl2N2O3S/c1-22-13-5-2-8(6-12(13)18(20)21)14(19)17-11-7-9(15)3-4-10(11)16/h2-7H,1H3,(H,17,19). The topological polar surface area (TPSA) is 72.2 Å². The molecule has 0 aliphatic rings. The molecule has 0 heterocycles. The lowest BCUT2D eigenvalue weighted by Crippen LogP contribution is -2.12. The van der Waals surface area contributed by atoms with Crippen molar-refractivity contribution in [2.75, 3.05) is 11.6 Å². The van der Waals surface area contributed by atoms with Gasteiger partial charge in [-0.2, -0.15) is 0 Å². The Morgan fingerprint density at radius 3 is 2.59 bits per heavy atom. The van der Waals surface area contributed by atoms with Crippen LogP contribution in [0.5, 0.6) is 0 Å². The largest absolute Gasteiger partial charge is 0.321 e. The van der Waals surface area contributed by atoms with Crippen molar-refractivity contribution in [3.8, 4) is 0 Å². The van der Waals surface area contributed by atoms with Crippen LogP contribution in [0.1, 0.15) is 10.4 Å². The van der Waals surface area contributed by atoms with Crippen molar-refractivity contribution in [2.45, 2.75) is 4.90 Å². The zero-order chi connectivity index (χ0) is 16.3. The summed E-state index contributed by atoms with van der Waals surface area (Å²) in [6.07, 6.45) is 1.73. The second-order valence-electron chi connectivity index (χ2n) is 4.22. The molecule has 0 aliphatic carbocycles. The lowest BCUT2D eigenvalue weighted by atomic mass is 10.2. The minimum atomic E-state index is -0.519. The van der Waals surface area contributed by atoms with Gasteiger partial charge in [0.05, 0.1) is 20.5 Å². The van der Waals surface area contributed by atoms with Crippen LogP contribution in [0.15, 0.2) is 41.3 Å². The maximum atomic E-state index is 12.2. The molecule has 5 nitrogen and oxygen atoms in total. The van der Waals surface area contributed by atoms with Gasteiger partial charge in [0.25, 0.3) is 11.6 Å². The van der Waals surface area contributed by atoms with Crippen LogP contribution in [0.2, 0.25) is 10.0 Å². The lowest BCUT2D eigenvalue weighted by molar-refractivity contribution is -0.387. The van der Waals surface area contributed by atoms with Crippen LogP contribution in [0.4, 0.5) is 11.4 Å². The smallest absolute Gasteiger partial charge is 0.283 e. The number of hydrogen-bond donors (Lipinski definition) is 1. The van der Waals surface area contributed by atoms with Gasteiger partial charge >= 0.3 is 0 Å². The second-order valence-corrected chi connectivity index (χ2v) is 5.91. The third-order valence-electron chi connectivity index (χ3n) is 2.81. The summed E-state index contributed by atoms with van der Waals surface area (Å²) in [4.78, 5) is 23.2. The number of anilines is 1. The molecular weight excluding hydrogens is 347 g/mol. The van der Waals surface area contributed by atoms with Gasteiger partial charge in [0.15, 0.2) is 0 Å². The van der Waals surface area contributed by atoms with Crippen LogP contribution < -0.4 is 5.32 Å². The van der Waals surface area contributed by atoms with E-state index < -0.39 is 10.8 Å². The Balaban J connectivity index is 2.32. The Morgan fingerprint density at radius 1 is 1.23 bits per heavy atom. The Kier molecular flexibility index (Phi) is 5.28. The van der Waals surface area contributed by atoms with Crippen molar-refractivity contribution in [2.24, 2.45) is 0 Å². The summed E-state index contributed by atoms with van der Waals surface area (Å²) in [6, 6.07) is 8.95. The molecule has 114 valence electrons. The molecule has 0 saturated heterocycles. The Bertz CT molecular complexity index is 753. The molecule has 0 bridgehead atoms. The van der Waals surface area contributed by atoms with Gasteiger partial charge in [-0.25, -0.2) is 0 Å². The van der Waals surface area contributed by atoms with E-state index >= 15 is 0 Å². The van der Waals surface area contributed by atoms with E-state index in [-0.39, 0.29) is 11.3 Å². The van der Waals surface area contributed by atoms with Crippen molar-refractivity contribution in [3.63, 3.8) is 0 Å². The first-order valence-corrected chi connectivity index (χ1v) is 7.99. The normalized spacial score (nSPS) is 10.3. The molecule has 0 aromatic heterocycles. The van der Waals surface area contributed by atoms with Gasteiger partial charge in [-0.05, 0) is 36.6 Å². The molecule has 8 heteroatoms. The van der Waals surface area contributed by atoms with Crippen LogP contribution in [0, 0.1) is 10.1 Å². The summed E-state index contributed by atoms with van der Waals surface area (Å²) in [5.74, 6) is -0.500. The van der Waals surface area contributed by atoms with Gasteiger partial charge in [-0.3, -0.25) is 14.9 Å². The first-order chi connectivity index (χ1) is 10.4. The number of carbonyl (C=O) groups excluding carboxylic acids is 1. The number of hydrogen-bond acceptors (Lipinski definition) is 4. The zero-order valence-electron chi connectivity index (χ0n) is 11.3. The Morgan fingerprint density at radius 2 is 1.95 bits per heavy atom. The summed E-state index contributed by atoms with van der Waals surface area (Å²) < 4.78 is 0. The molecule has 0 aliphatic heterocycles. The molecule has 0 radical (unpaired) electrons. The molecule has 0 fully saturated rings. The molecule has 0 spiro atoms. The number of benzene rings is 2. The molecule has 22 heavy (non-hydrogen) atoms. The summed E-state index contributed by atoms with van der Waals surface area (Å²) in [5.41, 5.74) is 0.397. The summed E-state index contributed by atoms with van der Waals surface area (Å²) in [7, 11) is 0. The van der Waals surface area contributed by atoms with Crippen molar-refractivity contribution >= 4 is 52.2 Å². The van der Waals surface area contributed by atoms with Crippen LogP contribution in [0.3, 0.4) is 0 Å². The quantitative estimate of drug-likeness (QED) is 0.481. The van der Waals surface area contributed by atoms with Crippen molar-refractivity contribution in [1.29, 1.82) is 0 Å². The molecule has 0 unspecified atom stereocenters. The van der Waals surface area contributed by atoms with E-state index in [1.165, 1.54) is 36.0 Å². The van der Waals surface area contributed by atoms with E-state index in [0.29, 0.717) is 20.6 Å². The van der Waals surface area contributed by atoms with Gasteiger partial charge in [0, 0.05) is 16.7 Å². The number of nitro groups is 1. The number of amides is 1. The summed E-state index contributed by atoms with van der Waals surface area (Å²) in [6.45, 7) is 0. The molecule has 2 aromatic carbocycles. The van der Waals surface area contributed by atoms with Crippen molar-refractivity contribution in [3.05, 3.63) is 62.1 Å². The monoisotopic (exact) mass is 356 g/mol. The van der Waals surface area contributed by atoms with Gasteiger partial charge in [0.1, 0.15) is 0 Å². The van der Waals surface area contributed by atoms with Crippen LogP contribution in [-0.4, -0.2) is 17.1 Å². The molecule has 2 rings (SSSR count). The Hall–Kier alpha value is -1.76. The van der Waals surface area contributed by atoms with Crippen molar-refractivity contribution < 1.29 is 9.72 Å². The average molecular weight is 357 g/mol.